The number of likely N-dealkylation sites (N-methyl/N-ethyl adjacent to an activating group) is 1. The highest BCUT2D eigenvalue weighted by atomic mass is 16.5. The Bertz CT molecular complexity index is 269. The third-order valence-corrected chi connectivity index (χ3v) is 3.45. The molecule has 2 atom stereocenters. The molecule has 3 N–H and O–H groups in total. The minimum absolute atomic E-state index is 0.0393. The zero-order valence-electron chi connectivity index (χ0n) is 12.5. The zero-order chi connectivity index (χ0) is 14.4. The second kappa shape index (κ2) is 7.07. The van der Waals surface area contributed by atoms with Crippen molar-refractivity contribution in [2.75, 3.05) is 20.8 Å². The van der Waals surface area contributed by atoms with Crippen LogP contribution in [-0.4, -0.2) is 43.9 Å². The van der Waals surface area contributed by atoms with E-state index in [0.29, 0.717) is 13.0 Å². The number of hydrogen-bond donors (Lipinski definition) is 2. The normalized spacial score (nSPS) is 17.2. The van der Waals surface area contributed by atoms with Gasteiger partial charge in [0.2, 0.25) is 5.91 Å². The van der Waals surface area contributed by atoms with E-state index in [1.54, 1.807) is 21.1 Å². The molecule has 0 saturated heterocycles. The smallest absolute Gasteiger partial charge is 0.237 e. The maximum atomic E-state index is 11.4. The number of nitrogens with one attached hydrogen (secondary N) is 1. The Balaban J connectivity index is 4.12. The Morgan fingerprint density at radius 3 is 2.33 bits per heavy atom. The van der Waals surface area contributed by atoms with Crippen molar-refractivity contribution in [3.8, 4) is 0 Å². The fourth-order valence-corrected chi connectivity index (χ4v) is 1.57. The monoisotopic (exact) mass is 260 g/mol. The Labute approximate surface area is 110 Å². The predicted molar refractivity (Wildman–Crippen MR) is 72.4 cm³/mol. The Kier molecular flexibility index (Phi) is 6.81. The molecule has 0 aromatic heterocycles. The van der Waals surface area contributed by atoms with E-state index in [1.807, 2.05) is 20.8 Å². The molecular formula is C13H28N2O3. The first-order valence-electron chi connectivity index (χ1n) is 6.32. The lowest BCUT2D eigenvalue weighted by Gasteiger charge is -2.29. The summed E-state index contributed by atoms with van der Waals surface area (Å²) in [5.74, 6) is -0.363. The fourth-order valence-electron chi connectivity index (χ4n) is 1.57. The fraction of sp³-hybridized carbons (Fsp3) is 0.923. The molecule has 18 heavy (non-hydrogen) atoms. The summed E-state index contributed by atoms with van der Waals surface area (Å²) in [5, 5.41) is 2.95. The van der Waals surface area contributed by atoms with Gasteiger partial charge in [0.05, 0.1) is 17.2 Å². The molecule has 0 aliphatic rings. The number of hydrogen-bond acceptors (Lipinski definition) is 4. The largest absolute Gasteiger partial charge is 0.379 e. The van der Waals surface area contributed by atoms with Gasteiger partial charge in [0.25, 0.3) is 0 Å². The van der Waals surface area contributed by atoms with Crippen LogP contribution in [0.5, 0.6) is 0 Å². The van der Waals surface area contributed by atoms with Crippen LogP contribution in [0.25, 0.3) is 0 Å². The molecule has 1 amide bonds. The van der Waals surface area contributed by atoms with Crippen LogP contribution in [-0.2, 0) is 14.3 Å². The van der Waals surface area contributed by atoms with Gasteiger partial charge in [-0.15, -0.1) is 0 Å². The highest BCUT2D eigenvalue weighted by molar-refractivity contribution is 5.84. The first-order valence-corrected chi connectivity index (χ1v) is 6.32. The number of carbonyl (C=O) groups excluding carboxylic acids is 1. The van der Waals surface area contributed by atoms with Crippen LogP contribution in [0, 0.1) is 0 Å². The van der Waals surface area contributed by atoms with Crippen molar-refractivity contribution in [1.29, 1.82) is 0 Å². The second-order valence-corrected chi connectivity index (χ2v) is 5.55. The SMILES string of the molecule is CNC(C)(CC(C)OCCC(C)(C)OC)C(N)=O. The van der Waals surface area contributed by atoms with Crippen molar-refractivity contribution >= 4 is 5.91 Å². The molecule has 0 fully saturated rings. The number of nitrogens with two attached hydrogens (primary N) is 1. The van der Waals surface area contributed by atoms with E-state index in [9.17, 15) is 4.79 Å². The molecule has 0 aliphatic heterocycles. The average Bonchev–Trinajstić information content (AvgIpc) is 2.28. The number of methoxy groups -OCH3 is 1. The molecule has 0 aromatic rings. The lowest BCUT2D eigenvalue weighted by molar-refractivity contribution is -0.125. The van der Waals surface area contributed by atoms with Crippen molar-refractivity contribution in [1.82, 2.24) is 5.32 Å². The standard InChI is InChI=1S/C13H28N2O3/c1-10(9-13(4,15-5)11(14)16)18-8-7-12(2,3)17-6/h10,15H,7-9H2,1-6H3,(H2,14,16). The van der Waals surface area contributed by atoms with Crippen molar-refractivity contribution < 1.29 is 14.3 Å². The van der Waals surface area contributed by atoms with Crippen LogP contribution in [0.15, 0.2) is 0 Å². The summed E-state index contributed by atoms with van der Waals surface area (Å²) in [6, 6.07) is 0. The van der Waals surface area contributed by atoms with Crippen LogP contribution < -0.4 is 11.1 Å². The summed E-state index contributed by atoms with van der Waals surface area (Å²) in [6.07, 6.45) is 1.31. The highest BCUT2D eigenvalue weighted by Gasteiger charge is 2.31. The van der Waals surface area contributed by atoms with E-state index in [2.05, 4.69) is 5.32 Å². The quantitative estimate of drug-likeness (QED) is 0.650. The van der Waals surface area contributed by atoms with E-state index >= 15 is 0 Å². The van der Waals surface area contributed by atoms with E-state index in [1.165, 1.54) is 0 Å². The molecule has 0 aliphatic carbocycles. The number of primary amides is 1. The summed E-state index contributed by atoms with van der Waals surface area (Å²) < 4.78 is 11.0. The molecule has 0 bridgehead atoms. The molecule has 0 radical (unpaired) electrons. The van der Waals surface area contributed by atoms with Gasteiger partial charge < -0.3 is 20.5 Å². The zero-order valence-corrected chi connectivity index (χ0v) is 12.5. The number of rotatable bonds is 9. The van der Waals surface area contributed by atoms with Gasteiger partial charge in [-0.1, -0.05) is 0 Å². The first-order chi connectivity index (χ1) is 8.17. The third kappa shape index (κ3) is 5.80. The van der Waals surface area contributed by atoms with Crippen molar-refractivity contribution in [2.24, 2.45) is 5.73 Å². The minimum atomic E-state index is -0.726. The molecule has 0 aromatic carbocycles. The maximum absolute atomic E-state index is 11.4. The molecule has 108 valence electrons. The number of ether oxygens (including phenoxy) is 2. The maximum Gasteiger partial charge on any atom is 0.237 e. The van der Waals surface area contributed by atoms with Gasteiger partial charge in [0, 0.05) is 20.1 Å². The molecule has 0 saturated carbocycles. The molecule has 2 unspecified atom stereocenters. The van der Waals surface area contributed by atoms with E-state index in [-0.39, 0.29) is 17.6 Å². The van der Waals surface area contributed by atoms with Crippen molar-refractivity contribution in [2.45, 2.75) is 57.8 Å². The third-order valence-electron chi connectivity index (χ3n) is 3.45. The van der Waals surface area contributed by atoms with Gasteiger partial charge in [-0.05, 0) is 41.2 Å². The Hall–Kier alpha value is -0.650. The van der Waals surface area contributed by atoms with Gasteiger partial charge >= 0.3 is 0 Å². The summed E-state index contributed by atoms with van der Waals surface area (Å²) in [6.45, 7) is 8.36. The molecule has 0 spiro atoms. The predicted octanol–water partition coefficient (Wildman–Crippen LogP) is 1.06. The number of amides is 1. The van der Waals surface area contributed by atoms with Crippen LogP contribution in [0.2, 0.25) is 0 Å². The van der Waals surface area contributed by atoms with Crippen molar-refractivity contribution in [3.63, 3.8) is 0 Å². The molecular weight excluding hydrogens is 232 g/mol. The minimum Gasteiger partial charge on any atom is -0.379 e. The summed E-state index contributed by atoms with van der Waals surface area (Å²) in [5.41, 5.74) is 4.46. The van der Waals surface area contributed by atoms with Crippen LogP contribution in [0.1, 0.15) is 40.5 Å². The average molecular weight is 260 g/mol. The second-order valence-electron chi connectivity index (χ2n) is 5.55. The number of carbonyl (C=O) groups is 1. The highest BCUT2D eigenvalue weighted by Crippen LogP contribution is 2.16. The van der Waals surface area contributed by atoms with Gasteiger partial charge in [0.15, 0.2) is 0 Å². The van der Waals surface area contributed by atoms with E-state index in [0.717, 1.165) is 6.42 Å². The van der Waals surface area contributed by atoms with Crippen molar-refractivity contribution in [3.05, 3.63) is 0 Å². The van der Waals surface area contributed by atoms with Crippen LogP contribution >= 0.6 is 0 Å². The summed E-state index contributed by atoms with van der Waals surface area (Å²) in [4.78, 5) is 11.4. The Morgan fingerprint density at radius 1 is 1.39 bits per heavy atom. The molecule has 5 nitrogen and oxygen atoms in total. The van der Waals surface area contributed by atoms with Crippen LogP contribution in [0.3, 0.4) is 0 Å². The van der Waals surface area contributed by atoms with Gasteiger partial charge in [-0.25, -0.2) is 0 Å². The van der Waals surface area contributed by atoms with E-state index in [4.69, 9.17) is 15.2 Å². The van der Waals surface area contributed by atoms with Gasteiger partial charge in [-0.2, -0.15) is 0 Å². The van der Waals surface area contributed by atoms with Gasteiger partial charge in [0.1, 0.15) is 0 Å². The summed E-state index contributed by atoms with van der Waals surface area (Å²) in [7, 11) is 3.42. The molecule has 0 heterocycles. The molecule has 5 heteroatoms. The topological polar surface area (TPSA) is 73.6 Å². The van der Waals surface area contributed by atoms with Crippen LogP contribution in [0.4, 0.5) is 0 Å². The first kappa shape index (κ1) is 17.4. The van der Waals surface area contributed by atoms with E-state index < -0.39 is 5.54 Å². The summed E-state index contributed by atoms with van der Waals surface area (Å²) >= 11 is 0. The lowest BCUT2D eigenvalue weighted by atomic mass is 9.94. The lowest BCUT2D eigenvalue weighted by Crippen LogP contribution is -2.53. The Morgan fingerprint density at radius 2 is 1.94 bits per heavy atom. The molecule has 0 rings (SSSR count). The van der Waals surface area contributed by atoms with Gasteiger partial charge in [-0.3, -0.25) is 4.79 Å².